The Morgan fingerprint density at radius 3 is 2.88 bits per heavy atom. The van der Waals surface area contributed by atoms with Crippen molar-refractivity contribution in [3.05, 3.63) is 23.2 Å². The zero-order chi connectivity index (χ0) is 11.1. The Kier molecular flexibility index (Phi) is 1.94. The summed E-state index contributed by atoms with van der Waals surface area (Å²) >= 11 is 6.04. The molecule has 0 aliphatic carbocycles. The Labute approximate surface area is 95.7 Å². The van der Waals surface area contributed by atoms with Crippen molar-refractivity contribution in [2.45, 2.75) is 0 Å². The number of rotatable bonds is 1. The number of halogens is 1. The Balaban J connectivity index is 2.12. The SMILES string of the molecule is Nc1cc(-c2cc(Cl)c3c(c2)OCO3)no1. The molecule has 82 valence electrons. The number of hydrogen-bond donors (Lipinski definition) is 1. The van der Waals surface area contributed by atoms with Crippen LogP contribution in [-0.4, -0.2) is 11.9 Å². The number of nitrogen functional groups attached to an aromatic ring is 1. The molecule has 16 heavy (non-hydrogen) atoms. The van der Waals surface area contributed by atoms with Crippen molar-refractivity contribution in [2.75, 3.05) is 12.5 Å². The highest BCUT2D eigenvalue weighted by atomic mass is 35.5. The first kappa shape index (κ1) is 9.35. The fraction of sp³-hybridized carbons (Fsp3) is 0.100. The van der Waals surface area contributed by atoms with Gasteiger partial charge in [0, 0.05) is 11.6 Å². The zero-order valence-electron chi connectivity index (χ0n) is 8.07. The van der Waals surface area contributed by atoms with Crippen LogP contribution < -0.4 is 15.2 Å². The van der Waals surface area contributed by atoms with Crippen LogP contribution in [0.5, 0.6) is 11.5 Å². The molecule has 1 aromatic heterocycles. The van der Waals surface area contributed by atoms with Crippen molar-refractivity contribution < 1.29 is 14.0 Å². The Hall–Kier alpha value is -1.88. The minimum Gasteiger partial charge on any atom is -0.454 e. The first-order valence-electron chi connectivity index (χ1n) is 4.56. The molecular formula is C10H7ClN2O3. The number of nitrogens with zero attached hydrogens (tertiary/aromatic N) is 1. The number of ether oxygens (including phenoxy) is 2. The van der Waals surface area contributed by atoms with Crippen molar-refractivity contribution in [1.29, 1.82) is 0 Å². The molecule has 0 radical (unpaired) electrons. The van der Waals surface area contributed by atoms with Crippen molar-refractivity contribution in [1.82, 2.24) is 5.16 Å². The van der Waals surface area contributed by atoms with Gasteiger partial charge in [-0.3, -0.25) is 0 Å². The van der Waals surface area contributed by atoms with Gasteiger partial charge in [-0.05, 0) is 12.1 Å². The molecule has 1 aromatic carbocycles. The molecule has 6 heteroatoms. The van der Waals surface area contributed by atoms with Gasteiger partial charge in [-0.2, -0.15) is 0 Å². The molecule has 2 aromatic rings. The molecule has 1 aliphatic rings. The summed E-state index contributed by atoms with van der Waals surface area (Å²) in [5, 5.41) is 4.28. The highest BCUT2D eigenvalue weighted by Crippen LogP contribution is 2.42. The van der Waals surface area contributed by atoms with Crippen molar-refractivity contribution in [3.63, 3.8) is 0 Å². The lowest BCUT2D eigenvalue weighted by atomic mass is 10.1. The molecule has 3 rings (SSSR count). The van der Waals surface area contributed by atoms with Gasteiger partial charge in [0.1, 0.15) is 5.69 Å². The van der Waals surface area contributed by atoms with Crippen LogP contribution in [0.3, 0.4) is 0 Å². The van der Waals surface area contributed by atoms with Gasteiger partial charge in [0.05, 0.1) is 5.02 Å². The van der Waals surface area contributed by atoms with Crippen LogP contribution in [0, 0.1) is 0 Å². The molecule has 0 unspecified atom stereocenters. The van der Waals surface area contributed by atoms with Crippen LogP contribution in [0.4, 0.5) is 5.88 Å². The summed E-state index contributed by atoms with van der Waals surface area (Å²) in [6.07, 6.45) is 0. The molecular weight excluding hydrogens is 232 g/mol. The van der Waals surface area contributed by atoms with Gasteiger partial charge in [-0.15, -0.1) is 0 Å². The predicted octanol–water partition coefficient (Wildman–Crippen LogP) is 2.31. The van der Waals surface area contributed by atoms with E-state index < -0.39 is 0 Å². The third-order valence-electron chi connectivity index (χ3n) is 2.25. The molecule has 0 fully saturated rings. The van der Waals surface area contributed by atoms with Crippen LogP contribution in [0.15, 0.2) is 22.7 Å². The molecule has 0 saturated carbocycles. The number of aromatic nitrogens is 1. The van der Waals surface area contributed by atoms with Gasteiger partial charge in [-0.1, -0.05) is 16.8 Å². The molecule has 5 nitrogen and oxygen atoms in total. The summed E-state index contributed by atoms with van der Waals surface area (Å²) in [6, 6.07) is 5.13. The number of nitrogens with two attached hydrogens (primary N) is 1. The Morgan fingerprint density at radius 1 is 1.25 bits per heavy atom. The van der Waals surface area contributed by atoms with E-state index in [4.69, 9.17) is 31.3 Å². The molecule has 0 atom stereocenters. The fourth-order valence-electron chi connectivity index (χ4n) is 1.54. The van der Waals surface area contributed by atoms with E-state index >= 15 is 0 Å². The lowest BCUT2D eigenvalue weighted by Crippen LogP contribution is -1.93. The third kappa shape index (κ3) is 1.37. The molecule has 0 amide bonds. The molecule has 1 aliphatic heterocycles. The van der Waals surface area contributed by atoms with E-state index in [2.05, 4.69) is 5.16 Å². The van der Waals surface area contributed by atoms with Crippen molar-refractivity contribution in [3.8, 4) is 22.8 Å². The summed E-state index contributed by atoms with van der Waals surface area (Å²) < 4.78 is 15.2. The summed E-state index contributed by atoms with van der Waals surface area (Å²) in [5.74, 6) is 1.41. The van der Waals surface area contributed by atoms with Gasteiger partial charge in [-0.25, -0.2) is 0 Å². The Morgan fingerprint density at radius 2 is 2.12 bits per heavy atom. The zero-order valence-corrected chi connectivity index (χ0v) is 8.82. The molecule has 0 bridgehead atoms. The van der Waals surface area contributed by atoms with Crippen LogP contribution in [0.25, 0.3) is 11.3 Å². The van der Waals surface area contributed by atoms with E-state index in [9.17, 15) is 0 Å². The Bertz CT molecular complexity index is 553. The van der Waals surface area contributed by atoms with Crippen molar-refractivity contribution >= 4 is 17.5 Å². The van der Waals surface area contributed by atoms with Crippen LogP contribution in [0.1, 0.15) is 0 Å². The summed E-state index contributed by atoms with van der Waals surface area (Å²) in [5.41, 5.74) is 6.83. The van der Waals surface area contributed by atoms with Gasteiger partial charge in [0.2, 0.25) is 12.7 Å². The van der Waals surface area contributed by atoms with Crippen LogP contribution in [-0.2, 0) is 0 Å². The predicted molar refractivity (Wildman–Crippen MR) is 57.5 cm³/mol. The average Bonchev–Trinajstić information content (AvgIpc) is 2.85. The summed E-state index contributed by atoms with van der Waals surface area (Å²) in [4.78, 5) is 0. The second-order valence-corrected chi connectivity index (χ2v) is 3.71. The second-order valence-electron chi connectivity index (χ2n) is 3.31. The average molecular weight is 239 g/mol. The normalized spacial score (nSPS) is 13.1. The second kappa shape index (κ2) is 3.31. The smallest absolute Gasteiger partial charge is 0.231 e. The van der Waals surface area contributed by atoms with E-state index in [1.54, 1.807) is 18.2 Å². The first-order chi connectivity index (χ1) is 7.74. The summed E-state index contributed by atoms with van der Waals surface area (Å²) in [7, 11) is 0. The van der Waals surface area contributed by atoms with E-state index in [1.165, 1.54) is 0 Å². The maximum Gasteiger partial charge on any atom is 0.231 e. The maximum absolute atomic E-state index is 6.04. The van der Waals surface area contributed by atoms with E-state index in [0.717, 1.165) is 5.56 Å². The van der Waals surface area contributed by atoms with Crippen LogP contribution >= 0.6 is 11.6 Å². The number of hydrogen-bond acceptors (Lipinski definition) is 5. The number of benzene rings is 1. The van der Waals surface area contributed by atoms with Gasteiger partial charge >= 0.3 is 0 Å². The topological polar surface area (TPSA) is 70.5 Å². The van der Waals surface area contributed by atoms with Crippen LogP contribution in [0.2, 0.25) is 5.02 Å². The molecule has 0 spiro atoms. The third-order valence-corrected chi connectivity index (χ3v) is 2.53. The highest BCUT2D eigenvalue weighted by Gasteiger charge is 2.19. The van der Waals surface area contributed by atoms with E-state index in [0.29, 0.717) is 22.2 Å². The highest BCUT2D eigenvalue weighted by molar-refractivity contribution is 6.32. The lowest BCUT2D eigenvalue weighted by Gasteiger charge is -2.01. The molecule has 0 saturated heterocycles. The number of fused-ring (bicyclic) bond motifs is 1. The molecule has 2 heterocycles. The fourth-order valence-corrected chi connectivity index (χ4v) is 1.81. The minimum atomic E-state index is 0.180. The van der Waals surface area contributed by atoms with Gasteiger partial charge < -0.3 is 19.7 Å². The van der Waals surface area contributed by atoms with Gasteiger partial charge in [0.15, 0.2) is 11.5 Å². The van der Waals surface area contributed by atoms with E-state index in [1.807, 2.05) is 0 Å². The minimum absolute atomic E-state index is 0.180. The quantitative estimate of drug-likeness (QED) is 0.826. The number of anilines is 1. The summed E-state index contributed by atoms with van der Waals surface area (Å²) in [6.45, 7) is 0.180. The lowest BCUT2D eigenvalue weighted by molar-refractivity contribution is 0.174. The molecule has 2 N–H and O–H groups in total. The first-order valence-corrected chi connectivity index (χ1v) is 4.93. The van der Waals surface area contributed by atoms with Crippen molar-refractivity contribution in [2.24, 2.45) is 0 Å². The standard InChI is InChI=1S/C10H7ClN2O3/c11-6-1-5(7-3-9(12)16-13-7)2-8-10(6)15-4-14-8/h1-3H,4,12H2. The monoisotopic (exact) mass is 238 g/mol. The maximum atomic E-state index is 6.04. The van der Waals surface area contributed by atoms with E-state index in [-0.39, 0.29) is 12.7 Å². The van der Waals surface area contributed by atoms with Gasteiger partial charge in [0.25, 0.3) is 0 Å². The largest absolute Gasteiger partial charge is 0.454 e.